The average Bonchev–Trinajstić information content (AvgIpc) is 3.09. The molecule has 9 nitrogen and oxygen atoms in total. The maximum absolute atomic E-state index is 14.6. The first-order chi connectivity index (χ1) is 22.6. The summed E-state index contributed by atoms with van der Waals surface area (Å²) in [5, 5.41) is 3.52. The van der Waals surface area contributed by atoms with Crippen molar-refractivity contribution in [2.45, 2.75) is 37.2 Å². The average molecular weight is 699 g/mol. The van der Waals surface area contributed by atoms with E-state index in [-0.39, 0.29) is 35.2 Å². The summed E-state index contributed by atoms with van der Waals surface area (Å²) in [6.45, 7) is 1.54. The van der Waals surface area contributed by atoms with Gasteiger partial charge < -0.3 is 19.7 Å². The van der Waals surface area contributed by atoms with E-state index in [1.54, 1.807) is 48.5 Å². The summed E-state index contributed by atoms with van der Waals surface area (Å²) in [5.74, 6) is -0.473. The van der Waals surface area contributed by atoms with E-state index >= 15 is 0 Å². The van der Waals surface area contributed by atoms with Crippen LogP contribution in [0.3, 0.4) is 0 Å². The smallest absolute Gasteiger partial charge is 0.264 e. The zero-order valence-corrected chi connectivity index (χ0v) is 28.7. The molecule has 0 bridgehead atoms. The van der Waals surface area contributed by atoms with Gasteiger partial charge in [-0.3, -0.25) is 13.9 Å². The third-order valence-electron chi connectivity index (χ3n) is 7.48. The molecule has 0 radical (unpaired) electrons. The summed E-state index contributed by atoms with van der Waals surface area (Å²) in [7, 11) is -1.50. The van der Waals surface area contributed by atoms with E-state index in [0.717, 1.165) is 9.87 Å². The third-order valence-corrected chi connectivity index (χ3v) is 9.95. The predicted molar refractivity (Wildman–Crippen MR) is 185 cm³/mol. The number of methoxy groups -OCH3 is 2. The first-order valence-electron chi connectivity index (χ1n) is 14.9. The van der Waals surface area contributed by atoms with E-state index in [9.17, 15) is 18.0 Å². The number of ether oxygens (including phenoxy) is 2. The lowest BCUT2D eigenvalue weighted by Crippen LogP contribution is -2.53. The summed E-state index contributed by atoms with van der Waals surface area (Å²) in [5.41, 5.74) is 1.49. The second-order valence-electron chi connectivity index (χ2n) is 10.6. The van der Waals surface area contributed by atoms with Crippen molar-refractivity contribution in [3.8, 4) is 11.5 Å². The summed E-state index contributed by atoms with van der Waals surface area (Å²) in [6.07, 6.45) is 0.845. The standard InChI is InChI=1S/C35H37Cl2N3O6S/c1-4-20-38-35(42)31(21-25-12-7-5-8-13-25)39(23-28-29(36)16-11-17-30(28)37)34(41)24-40(26-14-9-6-10-15-26)47(43,44)27-18-19-32(45-2)33(22-27)46-3/h5-19,22,31H,4,20-21,23-24H2,1-3H3,(H,38,42). The van der Waals surface area contributed by atoms with Crippen LogP contribution in [-0.4, -0.2) is 58.5 Å². The minimum absolute atomic E-state index is 0.117. The lowest BCUT2D eigenvalue weighted by atomic mass is 10.0. The Morgan fingerprint density at radius 3 is 2.04 bits per heavy atom. The molecule has 0 heterocycles. The van der Waals surface area contributed by atoms with Crippen LogP contribution in [0.1, 0.15) is 24.5 Å². The SMILES string of the molecule is CCCNC(=O)C(Cc1ccccc1)N(Cc1c(Cl)cccc1Cl)C(=O)CN(c1ccccc1)S(=O)(=O)c1ccc(OC)c(OC)c1. The van der Waals surface area contributed by atoms with Crippen molar-refractivity contribution in [3.05, 3.63) is 118 Å². The number of sulfonamides is 1. The number of para-hydroxylation sites is 1. The van der Waals surface area contributed by atoms with Crippen LogP contribution in [0.25, 0.3) is 0 Å². The Bertz CT molecular complexity index is 1750. The molecule has 0 aliphatic carbocycles. The Hall–Kier alpha value is -4.25. The van der Waals surface area contributed by atoms with E-state index in [2.05, 4.69) is 5.32 Å². The Balaban J connectivity index is 1.83. The number of carbonyl (C=O) groups excluding carboxylic acids is 2. The number of hydrogen-bond acceptors (Lipinski definition) is 6. The fourth-order valence-corrected chi connectivity index (χ4v) is 6.95. The minimum Gasteiger partial charge on any atom is -0.493 e. The Labute approximate surface area is 286 Å². The van der Waals surface area contributed by atoms with Gasteiger partial charge >= 0.3 is 0 Å². The normalized spacial score (nSPS) is 11.8. The van der Waals surface area contributed by atoms with Crippen molar-refractivity contribution >= 4 is 50.7 Å². The molecule has 0 aliphatic rings. The van der Waals surface area contributed by atoms with Crippen molar-refractivity contribution in [1.29, 1.82) is 0 Å². The van der Waals surface area contributed by atoms with Crippen LogP contribution in [0.4, 0.5) is 5.69 Å². The first-order valence-corrected chi connectivity index (χ1v) is 17.1. The molecule has 47 heavy (non-hydrogen) atoms. The van der Waals surface area contributed by atoms with Crippen LogP contribution in [0.2, 0.25) is 10.0 Å². The van der Waals surface area contributed by atoms with E-state index in [1.807, 2.05) is 37.3 Å². The van der Waals surface area contributed by atoms with Crippen LogP contribution in [0.15, 0.2) is 102 Å². The summed E-state index contributed by atoms with van der Waals surface area (Å²) in [6, 6.07) is 25.7. The second-order valence-corrected chi connectivity index (χ2v) is 13.3. The molecular weight excluding hydrogens is 661 g/mol. The van der Waals surface area contributed by atoms with E-state index in [0.29, 0.717) is 34.3 Å². The van der Waals surface area contributed by atoms with Gasteiger partial charge in [-0.15, -0.1) is 0 Å². The summed E-state index contributed by atoms with van der Waals surface area (Å²) in [4.78, 5) is 29.6. The number of nitrogens with one attached hydrogen (secondary N) is 1. The molecule has 0 saturated carbocycles. The van der Waals surface area contributed by atoms with Gasteiger partial charge in [0.2, 0.25) is 11.8 Å². The van der Waals surface area contributed by atoms with Crippen LogP contribution in [0, 0.1) is 0 Å². The molecule has 0 fully saturated rings. The Morgan fingerprint density at radius 1 is 0.830 bits per heavy atom. The van der Waals surface area contributed by atoms with Gasteiger partial charge in [0.05, 0.1) is 24.8 Å². The highest BCUT2D eigenvalue weighted by Crippen LogP contribution is 2.33. The van der Waals surface area contributed by atoms with Crippen LogP contribution in [-0.2, 0) is 32.6 Å². The fraction of sp³-hybridized carbons (Fsp3) is 0.257. The molecule has 4 aromatic rings. The van der Waals surface area contributed by atoms with Gasteiger partial charge in [-0.25, -0.2) is 8.42 Å². The number of halogens is 2. The number of carbonyl (C=O) groups is 2. The molecule has 0 aromatic heterocycles. The highest BCUT2D eigenvalue weighted by atomic mass is 35.5. The van der Waals surface area contributed by atoms with Crippen LogP contribution < -0.4 is 19.1 Å². The highest BCUT2D eigenvalue weighted by Gasteiger charge is 2.35. The van der Waals surface area contributed by atoms with Gasteiger partial charge in [0.1, 0.15) is 12.6 Å². The number of anilines is 1. The second kappa shape index (κ2) is 16.5. The van der Waals surface area contributed by atoms with Crippen LogP contribution in [0.5, 0.6) is 11.5 Å². The molecule has 2 amide bonds. The Morgan fingerprint density at radius 2 is 1.45 bits per heavy atom. The zero-order chi connectivity index (χ0) is 34.0. The number of benzene rings is 4. The molecule has 1 unspecified atom stereocenters. The van der Waals surface area contributed by atoms with Gasteiger partial charge in [-0.1, -0.05) is 84.7 Å². The molecule has 4 aromatic carbocycles. The van der Waals surface area contributed by atoms with E-state index in [4.69, 9.17) is 32.7 Å². The number of rotatable bonds is 15. The Kier molecular flexibility index (Phi) is 12.5. The summed E-state index contributed by atoms with van der Waals surface area (Å²) >= 11 is 13.1. The molecule has 1 atom stereocenters. The maximum Gasteiger partial charge on any atom is 0.264 e. The molecular formula is C35H37Cl2N3O6S. The maximum atomic E-state index is 14.6. The van der Waals surface area contributed by atoms with Gasteiger partial charge in [0.15, 0.2) is 11.5 Å². The minimum atomic E-state index is -4.35. The van der Waals surface area contributed by atoms with Crippen molar-refractivity contribution < 1.29 is 27.5 Å². The summed E-state index contributed by atoms with van der Waals surface area (Å²) < 4.78 is 40.3. The lowest BCUT2D eigenvalue weighted by molar-refractivity contribution is -0.140. The topological polar surface area (TPSA) is 105 Å². The van der Waals surface area contributed by atoms with Crippen molar-refractivity contribution in [3.63, 3.8) is 0 Å². The monoisotopic (exact) mass is 697 g/mol. The van der Waals surface area contributed by atoms with Gasteiger partial charge in [-0.2, -0.15) is 0 Å². The van der Waals surface area contributed by atoms with Gasteiger partial charge in [0, 0.05) is 41.2 Å². The molecule has 1 N–H and O–H groups in total. The molecule has 248 valence electrons. The van der Waals surface area contributed by atoms with Crippen molar-refractivity contribution in [1.82, 2.24) is 10.2 Å². The van der Waals surface area contributed by atoms with Crippen molar-refractivity contribution in [2.24, 2.45) is 0 Å². The van der Waals surface area contributed by atoms with Gasteiger partial charge in [-0.05, 0) is 48.4 Å². The third kappa shape index (κ3) is 8.77. The molecule has 0 saturated heterocycles. The van der Waals surface area contributed by atoms with Crippen LogP contribution >= 0.6 is 23.2 Å². The van der Waals surface area contributed by atoms with E-state index < -0.39 is 28.5 Å². The molecule has 4 rings (SSSR count). The first kappa shape index (κ1) is 35.6. The number of hydrogen-bond donors (Lipinski definition) is 1. The molecule has 12 heteroatoms. The predicted octanol–water partition coefficient (Wildman–Crippen LogP) is 6.37. The lowest BCUT2D eigenvalue weighted by Gasteiger charge is -2.34. The largest absolute Gasteiger partial charge is 0.493 e. The van der Waals surface area contributed by atoms with Gasteiger partial charge in [0.25, 0.3) is 10.0 Å². The van der Waals surface area contributed by atoms with E-state index in [1.165, 1.54) is 37.3 Å². The quantitative estimate of drug-likeness (QED) is 0.155. The molecule has 0 aliphatic heterocycles. The fourth-order valence-electron chi connectivity index (χ4n) is 5.00. The van der Waals surface area contributed by atoms with Crippen molar-refractivity contribution in [2.75, 3.05) is 31.6 Å². The highest BCUT2D eigenvalue weighted by molar-refractivity contribution is 7.92. The molecule has 0 spiro atoms. The number of nitrogens with zero attached hydrogens (tertiary/aromatic N) is 2. The number of amides is 2. The zero-order valence-electron chi connectivity index (χ0n) is 26.4.